The Morgan fingerprint density at radius 3 is 2.57 bits per heavy atom. The molecular formula is C17H25N4OS+. The lowest BCUT2D eigenvalue weighted by molar-refractivity contribution is -0.923. The van der Waals surface area contributed by atoms with Gasteiger partial charge in [0.05, 0.1) is 38.5 Å². The lowest BCUT2D eigenvalue weighted by Crippen LogP contribution is -3.14. The largest absolute Gasteiger partial charge is 0.492 e. The second-order valence-electron chi connectivity index (χ2n) is 5.96. The van der Waals surface area contributed by atoms with E-state index < -0.39 is 0 Å². The number of anilines is 1. The van der Waals surface area contributed by atoms with Crippen LogP contribution in [0.3, 0.4) is 0 Å². The number of hydrogen-bond acceptors (Lipinski definition) is 3. The molecule has 0 unspecified atom stereocenters. The van der Waals surface area contributed by atoms with Gasteiger partial charge in [-0.05, 0) is 31.3 Å². The van der Waals surface area contributed by atoms with Crippen LogP contribution in [0.1, 0.15) is 6.92 Å². The maximum atomic E-state index is 5.76. The Kier molecular flexibility index (Phi) is 5.03. The van der Waals surface area contributed by atoms with Crippen LogP contribution in [0.4, 0.5) is 5.69 Å². The SMILES string of the molecule is CCOc1ccccc1N1CC[NH+](Cn2ccn(C)c2=S)CC1. The van der Waals surface area contributed by atoms with E-state index in [1.54, 1.807) is 4.90 Å². The van der Waals surface area contributed by atoms with Crippen molar-refractivity contribution in [3.63, 3.8) is 0 Å². The number of aryl methyl sites for hydroxylation is 1. The molecule has 2 aromatic rings. The highest BCUT2D eigenvalue weighted by atomic mass is 32.1. The fraction of sp³-hybridized carbons (Fsp3) is 0.471. The van der Waals surface area contributed by atoms with Gasteiger partial charge in [0, 0.05) is 19.4 Å². The molecule has 1 aliphatic heterocycles. The Bertz CT molecular complexity index is 701. The fourth-order valence-electron chi connectivity index (χ4n) is 3.09. The minimum Gasteiger partial charge on any atom is -0.492 e. The van der Waals surface area contributed by atoms with Crippen molar-refractivity contribution in [2.45, 2.75) is 13.6 Å². The number of quaternary nitrogens is 1. The van der Waals surface area contributed by atoms with E-state index in [-0.39, 0.29) is 0 Å². The number of nitrogens with one attached hydrogen (secondary N) is 1. The van der Waals surface area contributed by atoms with Crippen LogP contribution in [0.2, 0.25) is 0 Å². The average Bonchev–Trinajstić information content (AvgIpc) is 2.89. The smallest absolute Gasteiger partial charge is 0.183 e. The summed E-state index contributed by atoms with van der Waals surface area (Å²) in [5.74, 6) is 0.990. The molecule has 23 heavy (non-hydrogen) atoms. The molecule has 0 saturated carbocycles. The summed E-state index contributed by atoms with van der Waals surface area (Å²) in [5, 5.41) is 0. The summed E-state index contributed by atoms with van der Waals surface area (Å²) in [6.07, 6.45) is 4.10. The number of imidazole rings is 1. The molecule has 0 atom stereocenters. The van der Waals surface area contributed by atoms with Gasteiger partial charge in [0.25, 0.3) is 0 Å². The van der Waals surface area contributed by atoms with Crippen molar-refractivity contribution < 1.29 is 9.64 Å². The molecule has 3 rings (SSSR count). The summed E-state index contributed by atoms with van der Waals surface area (Å²) in [6.45, 7) is 7.98. The summed E-state index contributed by atoms with van der Waals surface area (Å²) in [5.41, 5.74) is 1.21. The van der Waals surface area contributed by atoms with Crippen LogP contribution in [0.5, 0.6) is 5.75 Å². The van der Waals surface area contributed by atoms with Crippen molar-refractivity contribution in [3.05, 3.63) is 41.4 Å². The number of hydrogen-bond donors (Lipinski definition) is 1. The zero-order valence-corrected chi connectivity index (χ0v) is 14.7. The molecule has 0 spiro atoms. The van der Waals surface area contributed by atoms with E-state index in [0.717, 1.165) is 43.4 Å². The van der Waals surface area contributed by atoms with Gasteiger partial charge in [-0.3, -0.25) is 4.57 Å². The van der Waals surface area contributed by atoms with Gasteiger partial charge in [-0.15, -0.1) is 0 Å². The third-order valence-electron chi connectivity index (χ3n) is 4.39. The highest BCUT2D eigenvalue weighted by Crippen LogP contribution is 2.27. The zero-order chi connectivity index (χ0) is 16.2. The maximum Gasteiger partial charge on any atom is 0.183 e. The number of benzene rings is 1. The van der Waals surface area contributed by atoms with E-state index in [9.17, 15) is 0 Å². The average molecular weight is 333 g/mol. The second kappa shape index (κ2) is 7.19. The number of aromatic nitrogens is 2. The van der Waals surface area contributed by atoms with Gasteiger partial charge >= 0.3 is 0 Å². The topological polar surface area (TPSA) is 26.8 Å². The number of para-hydroxylation sites is 2. The number of piperazine rings is 1. The molecule has 124 valence electrons. The number of ether oxygens (including phenoxy) is 1. The summed E-state index contributed by atoms with van der Waals surface area (Å²) >= 11 is 5.43. The highest BCUT2D eigenvalue weighted by molar-refractivity contribution is 7.71. The summed E-state index contributed by atoms with van der Waals surface area (Å²) in [6, 6.07) is 8.33. The Hall–Kier alpha value is -1.79. The van der Waals surface area contributed by atoms with Crippen molar-refractivity contribution in [2.75, 3.05) is 37.7 Å². The standard InChI is InChI=1S/C17H24N4OS/c1-3-22-16-7-5-4-6-15(16)20-12-9-19(10-13-20)14-21-11-8-18(2)17(21)23/h4-8,11H,3,9-10,12-14H2,1-2H3/p+1. The third kappa shape index (κ3) is 3.59. The lowest BCUT2D eigenvalue weighted by Gasteiger charge is -2.34. The molecule has 5 nitrogen and oxygen atoms in total. The molecule has 1 aliphatic rings. The van der Waals surface area contributed by atoms with Gasteiger partial charge in [0.15, 0.2) is 11.4 Å². The van der Waals surface area contributed by atoms with Gasteiger partial charge in [-0.25, -0.2) is 0 Å². The molecule has 1 N–H and O–H groups in total. The zero-order valence-electron chi connectivity index (χ0n) is 13.9. The van der Waals surface area contributed by atoms with E-state index >= 15 is 0 Å². The molecule has 0 bridgehead atoms. The van der Waals surface area contributed by atoms with E-state index in [0.29, 0.717) is 6.61 Å². The molecule has 6 heteroatoms. The van der Waals surface area contributed by atoms with Crippen molar-refractivity contribution in [2.24, 2.45) is 7.05 Å². The van der Waals surface area contributed by atoms with Crippen molar-refractivity contribution in [1.82, 2.24) is 9.13 Å². The third-order valence-corrected chi connectivity index (χ3v) is 4.91. The molecule has 0 aliphatic carbocycles. The van der Waals surface area contributed by atoms with E-state index in [4.69, 9.17) is 17.0 Å². The van der Waals surface area contributed by atoms with Gasteiger partial charge in [0.1, 0.15) is 5.75 Å². The van der Waals surface area contributed by atoms with Gasteiger partial charge in [0.2, 0.25) is 0 Å². The van der Waals surface area contributed by atoms with E-state index in [1.807, 2.05) is 30.8 Å². The molecule has 0 amide bonds. The van der Waals surface area contributed by atoms with Crippen LogP contribution >= 0.6 is 12.2 Å². The van der Waals surface area contributed by atoms with Gasteiger partial charge in [-0.2, -0.15) is 0 Å². The molecule has 1 fully saturated rings. The fourth-order valence-corrected chi connectivity index (χ4v) is 3.28. The first kappa shape index (κ1) is 16.1. The number of rotatable bonds is 5. The summed E-state index contributed by atoms with van der Waals surface area (Å²) in [7, 11) is 2.00. The van der Waals surface area contributed by atoms with E-state index in [1.165, 1.54) is 5.69 Å². The van der Waals surface area contributed by atoms with Crippen LogP contribution in [0.15, 0.2) is 36.7 Å². The Balaban J connectivity index is 1.62. The number of nitrogens with zero attached hydrogens (tertiary/aromatic N) is 3. The molecule has 2 heterocycles. The maximum absolute atomic E-state index is 5.76. The van der Waals surface area contributed by atoms with Crippen molar-refractivity contribution in [1.29, 1.82) is 0 Å². The van der Waals surface area contributed by atoms with Gasteiger partial charge in [-0.1, -0.05) is 12.1 Å². The highest BCUT2D eigenvalue weighted by Gasteiger charge is 2.22. The Morgan fingerprint density at radius 2 is 1.91 bits per heavy atom. The van der Waals surface area contributed by atoms with Crippen molar-refractivity contribution in [3.8, 4) is 5.75 Å². The quantitative estimate of drug-likeness (QED) is 0.836. The first-order chi connectivity index (χ1) is 11.2. The van der Waals surface area contributed by atoms with E-state index in [2.05, 4.69) is 33.9 Å². The van der Waals surface area contributed by atoms with Crippen LogP contribution < -0.4 is 14.5 Å². The first-order valence-electron chi connectivity index (χ1n) is 8.21. The minimum absolute atomic E-state index is 0.703. The molecule has 1 aromatic carbocycles. The Labute approximate surface area is 142 Å². The van der Waals surface area contributed by atoms with Crippen LogP contribution in [-0.4, -0.2) is 41.9 Å². The van der Waals surface area contributed by atoms with Crippen LogP contribution in [0.25, 0.3) is 0 Å². The van der Waals surface area contributed by atoms with Crippen LogP contribution in [-0.2, 0) is 13.7 Å². The monoisotopic (exact) mass is 333 g/mol. The minimum atomic E-state index is 0.703. The first-order valence-corrected chi connectivity index (χ1v) is 8.62. The Morgan fingerprint density at radius 1 is 1.17 bits per heavy atom. The summed E-state index contributed by atoms with van der Waals surface area (Å²) < 4.78 is 10.8. The second-order valence-corrected chi connectivity index (χ2v) is 6.32. The molecular weight excluding hydrogens is 308 g/mol. The summed E-state index contributed by atoms with van der Waals surface area (Å²) in [4.78, 5) is 4.00. The van der Waals surface area contributed by atoms with Crippen molar-refractivity contribution >= 4 is 17.9 Å². The molecule has 0 radical (unpaired) electrons. The van der Waals surface area contributed by atoms with Crippen LogP contribution in [0, 0.1) is 4.77 Å². The molecule has 1 aromatic heterocycles. The predicted molar refractivity (Wildman–Crippen MR) is 94.8 cm³/mol. The van der Waals surface area contributed by atoms with Gasteiger partial charge < -0.3 is 19.1 Å². The lowest BCUT2D eigenvalue weighted by atomic mass is 10.2. The molecule has 1 saturated heterocycles. The predicted octanol–water partition coefficient (Wildman–Crippen LogP) is 1.32. The normalized spacial score (nSPS) is 15.8.